The van der Waals surface area contributed by atoms with E-state index in [4.69, 9.17) is 0 Å². The van der Waals surface area contributed by atoms with Crippen LogP contribution in [-0.2, 0) is 0 Å². The molecule has 3 rings (SSSR count). The van der Waals surface area contributed by atoms with Gasteiger partial charge in [0.1, 0.15) is 11.6 Å². The smallest absolute Gasteiger partial charge is 0.146 e. The lowest BCUT2D eigenvalue weighted by atomic mass is 10.2. The molecule has 3 aromatic rings. The summed E-state index contributed by atoms with van der Waals surface area (Å²) >= 11 is 3.27. The second-order valence-corrected chi connectivity index (χ2v) is 5.32. The molecule has 4 nitrogen and oxygen atoms in total. The molecule has 0 fully saturated rings. The molecular formula is C16H12BrN3O. The lowest BCUT2D eigenvalue weighted by molar-refractivity contribution is 0.472. The quantitative estimate of drug-likeness (QED) is 0.555. The summed E-state index contributed by atoms with van der Waals surface area (Å²) in [5.41, 5.74) is 4.69. The first-order valence-electron chi connectivity index (χ1n) is 6.36. The van der Waals surface area contributed by atoms with Crippen LogP contribution in [0.2, 0.25) is 0 Å². The number of anilines is 1. The van der Waals surface area contributed by atoms with Crippen molar-refractivity contribution >= 4 is 38.9 Å². The lowest BCUT2D eigenvalue weighted by Gasteiger charge is -2.02. The molecule has 0 radical (unpaired) electrons. The molecule has 5 heteroatoms. The number of benzene rings is 2. The monoisotopic (exact) mass is 341 g/mol. The van der Waals surface area contributed by atoms with E-state index < -0.39 is 0 Å². The summed E-state index contributed by atoms with van der Waals surface area (Å²) < 4.78 is 0.635. The lowest BCUT2D eigenvalue weighted by Crippen LogP contribution is -1.93. The Bertz CT molecular complexity index is 817. The standard InChI is InChI=1S/C16H12BrN3O/c17-13-9-11(5-7-15(13)21)10-18-20-16-8-6-12-3-1-2-4-14(12)19-16/h1-10,21H,(H,19,20)/b18-10-. The number of halogens is 1. The van der Waals surface area contributed by atoms with Crippen molar-refractivity contribution < 1.29 is 5.11 Å². The minimum Gasteiger partial charge on any atom is -0.507 e. The van der Waals surface area contributed by atoms with Crippen LogP contribution in [0.25, 0.3) is 10.9 Å². The number of nitrogens with one attached hydrogen (secondary N) is 1. The fraction of sp³-hybridized carbons (Fsp3) is 0. The Morgan fingerprint density at radius 2 is 1.95 bits per heavy atom. The van der Waals surface area contributed by atoms with Gasteiger partial charge in [-0.05, 0) is 57.9 Å². The molecule has 0 spiro atoms. The molecule has 0 atom stereocenters. The van der Waals surface area contributed by atoms with E-state index in [1.807, 2.05) is 36.4 Å². The van der Waals surface area contributed by atoms with Gasteiger partial charge in [0.2, 0.25) is 0 Å². The predicted molar refractivity (Wildman–Crippen MR) is 88.8 cm³/mol. The Balaban J connectivity index is 1.76. The van der Waals surface area contributed by atoms with Crippen LogP contribution in [0, 0.1) is 0 Å². The van der Waals surface area contributed by atoms with Gasteiger partial charge in [0.25, 0.3) is 0 Å². The summed E-state index contributed by atoms with van der Waals surface area (Å²) in [6, 6.07) is 17.0. The minimum absolute atomic E-state index is 0.205. The third kappa shape index (κ3) is 3.20. The molecule has 0 bridgehead atoms. The van der Waals surface area contributed by atoms with E-state index in [0.717, 1.165) is 16.5 Å². The Hall–Kier alpha value is -2.40. The van der Waals surface area contributed by atoms with E-state index in [0.29, 0.717) is 10.3 Å². The largest absolute Gasteiger partial charge is 0.507 e. The number of hydrazone groups is 1. The summed E-state index contributed by atoms with van der Waals surface area (Å²) in [5, 5.41) is 14.7. The molecule has 0 saturated heterocycles. The predicted octanol–water partition coefficient (Wildman–Crippen LogP) is 4.15. The highest BCUT2D eigenvalue weighted by Crippen LogP contribution is 2.23. The van der Waals surface area contributed by atoms with Gasteiger partial charge in [-0.1, -0.05) is 18.2 Å². The number of aromatic nitrogens is 1. The normalized spacial score (nSPS) is 11.1. The maximum atomic E-state index is 9.43. The molecule has 0 aliphatic heterocycles. The highest BCUT2D eigenvalue weighted by Gasteiger charge is 1.98. The van der Waals surface area contributed by atoms with Crippen LogP contribution >= 0.6 is 15.9 Å². The second-order valence-electron chi connectivity index (χ2n) is 4.47. The fourth-order valence-electron chi connectivity index (χ4n) is 1.90. The molecule has 2 N–H and O–H groups in total. The van der Waals surface area contributed by atoms with Crippen molar-refractivity contribution in [3.05, 3.63) is 64.6 Å². The van der Waals surface area contributed by atoms with Crippen LogP contribution in [-0.4, -0.2) is 16.3 Å². The first kappa shape index (κ1) is 13.6. The number of phenolic OH excluding ortho intramolecular Hbond substituents is 1. The highest BCUT2D eigenvalue weighted by molar-refractivity contribution is 9.10. The van der Waals surface area contributed by atoms with E-state index in [-0.39, 0.29) is 5.75 Å². The van der Waals surface area contributed by atoms with E-state index >= 15 is 0 Å². The van der Waals surface area contributed by atoms with Gasteiger partial charge in [0.15, 0.2) is 0 Å². The van der Waals surface area contributed by atoms with Crippen LogP contribution in [0.1, 0.15) is 5.56 Å². The number of phenols is 1. The molecule has 0 unspecified atom stereocenters. The molecule has 104 valence electrons. The molecule has 1 aromatic heterocycles. The van der Waals surface area contributed by atoms with Gasteiger partial charge in [-0.2, -0.15) is 5.10 Å². The molecule has 21 heavy (non-hydrogen) atoms. The van der Waals surface area contributed by atoms with E-state index in [1.54, 1.807) is 24.4 Å². The van der Waals surface area contributed by atoms with Gasteiger partial charge in [-0.3, -0.25) is 5.43 Å². The number of pyridine rings is 1. The molecule has 0 amide bonds. The molecule has 2 aromatic carbocycles. The van der Waals surface area contributed by atoms with Crippen molar-refractivity contribution in [2.45, 2.75) is 0 Å². The third-order valence-electron chi connectivity index (χ3n) is 2.96. The zero-order valence-electron chi connectivity index (χ0n) is 11.0. The van der Waals surface area contributed by atoms with Crippen LogP contribution in [0.4, 0.5) is 5.82 Å². The van der Waals surface area contributed by atoms with Crippen LogP contribution < -0.4 is 5.43 Å². The number of fused-ring (bicyclic) bond motifs is 1. The summed E-state index contributed by atoms with van der Waals surface area (Å²) in [4.78, 5) is 4.46. The van der Waals surface area contributed by atoms with E-state index in [2.05, 4.69) is 31.4 Å². The molecule has 0 saturated carbocycles. The molecule has 0 aliphatic rings. The summed E-state index contributed by atoms with van der Waals surface area (Å²) in [6.45, 7) is 0. The molecular weight excluding hydrogens is 330 g/mol. The summed E-state index contributed by atoms with van der Waals surface area (Å²) in [7, 11) is 0. The maximum absolute atomic E-state index is 9.43. The van der Waals surface area contributed by atoms with Crippen molar-refractivity contribution in [2.75, 3.05) is 5.43 Å². The molecule has 0 aliphatic carbocycles. The average molecular weight is 342 g/mol. The first-order valence-corrected chi connectivity index (χ1v) is 7.15. The third-order valence-corrected chi connectivity index (χ3v) is 3.60. The topological polar surface area (TPSA) is 57.5 Å². The van der Waals surface area contributed by atoms with Crippen molar-refractivity contribution in [3.8, 4) is 5.75 Å². The van der Waals surface area contributed by atoms with Crippen molar-refractivity contribution in [2.24, 2.45) is 5.10 Å². The Morgan fingerprint density at radius 1 is 1.10 bits per heavy atom. The Morgan fingerprint density at radius 3 is 2.81 bits per heavy atom. The number of aromatic hydroxyl groups is 1. The average Bonchev–Trinajstić information content (AvgIpc) is 2.51. The van der Waals surface area contributed by atoms with E-state index in [1.165, 1.54) is 0 Å². The number of hydrogen-bond donors (Lipinski definition) is 2. The highest BCUT2D eigenvalue weighted by atomic mass is 79.9. The summed E-state index contributed by atoms with van der Waals surface area (Å²) in [6.07, 6.45) is 1.67. The van der Waals surface area contributed by atoms with Gasteiger partial charge in [0.05, 0.1) is 16.2 Å². The first-order chi connectivity index (χ1) is 10.2. The number of rotatable bonds is 3. The summed E-state index contributed by atoms with van der Waals surface area (Å²) in [5.74, 6) is 0.888. The van der Waals surface area contributed by atoms with Crippen molar-refractivity contribution in [3.63, 3.8) is 0 Å². The van der Waals surface area contributed by atoms with Gasteiger partial charge in [0, 0.05) is 5.39 Å². The Kier molecular flexibility index (Phi) is 3.83. The molecule has 1 heterocycles. The fourth-order valence-corrected chi connectivity index (χ4v) is 2.30. The van der Waals surface area contributed by atoms with Gasteiger partial charge >= 0.3 is 0 Å². The number of nitrogens with zero attached hydrogens (tertiary/aromatic N) is 2. The van der Waals surface area contributed by atoms with Crippen molar-refractivity contribution in [1.82, 2.24) is 4.98 Å². The second kappa shape index (κ2) is 5.93. The SMILES string of the molecule is Oc1ccc(/C=N\Nc2ccc3ccccc3n2)cc1Br. The van der Waals surface area contributed by atoms with Gasteiger partial charge < -0.3 is 5.11 Å². The van der Waals surface area contributed by atoms with Crippen LogP contribution in [0.15, 0.2) is 64.2 Å². The van der Waals surface area contributed by atoms with Crippen LogP contribution in [0.3, 0.4) is 0 Å². The van der Waals surface area contributed by atoms with Crippen molar-refractivity contribution in [1.29, 1.82) is 0 Å². The van der Waals surface area contributed by atoms with Crippen LogP contribution in [0.5, 0.6) is 5.75 Å². The zero-order valence-corrected chi connectivity index (χ0v) is 12.6. The number of hydrogen-bond acceptors (Lipinski definition) is 4. The number of para-hydroxylation sites is 1. The maximum Gasteiger partial charge on any atom is 0.146 e. The van der Waals surface area contributed by atoms with Gasteiger partial charge in [-0.15, -0.1) is 0 Å². The van der Waals surface area contributed by atoms with Gasteiger partial charge in [-0.25, -0.2) is 4.98 Å². The minimum atomic E-state index is 0.205. The Labute approximate surface area is 130 Å². The zero-order chi connectivity index (χ0) is 14.7. The van der Waals surface area contributed by atoms with E-state index in [9.17, 15) is 5.11 Å².